The minimum atomic E-state index is -0.551. The number of benzene rings is 1. The van der Waals surface area contributed by atoms with E-state index in [1.54, 1.807) is 0 Å². The van der Waals surface area contributed by atoms with Gasteiger partial charge in [0.2, 0.25) is 5.91 Å². The summed E-state index contributed by atoms with van der Waals surface area (Å²) in [5, 5.41) is 13.0. The van der Waals surface area contributed by atoms with Crippen LogP contribution in [0.15, 0.2) is 30.3 Å². The van der Waals surface area contributed by atoms with Crippen LogP contribution in [0.3, 0.4) is 0 Å². The highest BCUT2D eigenvalue weighted by Crippen LogP contribution is 2.45. The van der Waals surface area contributed by atoms with Crippen LogP contribution < -0.4 is 5.32 Å². The van der Waals surface area contributed by atoms with Crippen LogP contribution in [0.2, 0.25) is 0 Å². The molecule has 2 bridgehead atoms. The van der Waals surface area contributed by atoms with Crippen molar-refractivity contribution in [3.8, 4) is 0 Å². The summed E-state index contributed by atoms with van der Waals surface area (Å²) < 4.78 is 0. The Kier molecular flexibility index (Phi) is 4.49. The molecule has 0 unspecified atom stereocenters. The standard InChI is InChI=1S/C22H31N3O2/c26-15-22(13-23-14-22)21(27)24-10-16-9-18(12-24)20-8-4-7-19(25(20)11-16)17-5-2-1-3-6-17/h1-3,5-6,16,18-20,23,26H,4,7-15H2/t16-,18+,19+,20-/m0/s1. The van der Waals surface area contributed by atoms with Gasteiger partial charge in [0.05, 0.1) is 12.0 Å². The van der Waals surface area contributed by atoms with Crippen LogP contribution in [-0.2, 0) is 4.79 Å². The first-order valence-electron chi connectivity index (χ1n) is 10.6. The van der Waals surface area contributed by atoms with Gasteiger partial charge in [0.25, 0.3) is 0 Å². The number of piperidine rings is 3. The molecule has 0 aromatic heterocycles. The molecule has 5 nitrogen and oxygen atoms in total. The second kappa shape index (κ2) is 6.87. The first-order chi connectivity index (χ1) is 13.2. The lowest BCUT2D eigenvalue weighted by atomic mass is 9.72. The number of amides is 1. The normalized spacial score (nSPS) is 35.2. The number of aliphatic hydroxyl groups excluding tert-OH is 1. The molecule has 5 heteroatoms. The van der Waals surface area contributed by atoms with Crippen LogP contribution in [0.25, 0.3) is 0 Å². The van der Waals surface area contributed by atoms with Crippen LogP contribution in [0.4, 0.5) is 0 Å². The van der Waals surface area contributed by atoms with Gasteiger partial charge in [-0.3, -0.25) is 9.69 Å². The molecule has 4 saturated heterocycles. The van der Waals surface area contributed by atoms with Crippen molar-refractivity contribution in [1.29, 1.82) is 0 Å². The monoisotopic (exact) mass is 369 g/mol. The number of aliphatic hydroxyl groups is 1. The summed E-state index contributed by atoms with van der Waals surface area (Å²) in [6.45, 7) is 4.06. The van der Waals surface area contributed by atoms with Gasteiger partial charge in [-0.05, 0) is 43.1 Å². The average Bonchev–Trinajstić information content (AvgIpc) is 2.67. The summed E-state index contributed by atoms with van der Waals surface area (Å²) >= 11 is 0. The molecule has 1 amide bonds. The summed E-state index contributed by atoms with van der Waals surface area (Å²) in [5.74, 6) is 1.33. The lowest BCUT2D eigenvalue weighted by Gasteiger charge is -2.56. The molecule has 0 spiro atoms. The fraction of sp³-hybridized carbons (Fsp3) is 0.682. The van der Waals surface area contributed by atoms with Crippen LogP contribution >= 0.6 is 0 Å². The Morgan fingerprint density at radius 3 is 2.67 bits per heavy atom. The third-order valence-corrected chi connectivity index (χ3v) is 7.54. The minimum Gasteiger partial charge on any atom is -0.395 e. The van der Waals surface area contributed by atoms with Gasteiger partial charge in [-0.25, -0.2) is 0 Å². The second-order valence-corrected chi connectivity index (χ2v) is 9.24. The molecule has 4 fully saturated rings. The smallest absolute Gasteiger partial charge is 0.233 e. The van der Waals surface area contributed by atoms with Crippen LogP contribution in [0.1, 0.15) is 37.3 Å². The lowest BCUT2D eigenvalue weighted by Crippen LogP contribution is -2.67. The van der Waals surface area contributed by atoms with E-state index >= 15 is 0 Å². The third-order valence-electron chi connectivity index (χ3n) is 7.54. The molecule has 27 heavy (non-hydrogen) atoms. The van der Waals surface area contributed by atoms with Crippen molar-refractivity contribution in [3.05, 3.63) is 35.9 Å². The van der Waals surface area contributed by atoms with E-state index in [1.165, 1.54) is 31.2 Å². The molecular weight excluding hydrogens is 338 g/mol. The first-order valence-corrected chi connectivity index (χ1v) is 10.6. The van der Waals surface area contributed by atoms with Crippen molar-refractivity contribution in [2.24, 2.45) is 17.3 Å². The van der Waals surface area contributed by atoms with Gasteiger partial charge in [0.15, 0.2) is 0 Å². The van der Waals surface area contributed by atoms with E-state index in [0.717, 1.165) is 19.6 Å². The average molecular weight is 370 g/mol. The number of fused-ring (bicyclic) bond motifs is 4. The van der Waals surface area contributed by atoms with Crippen molar-refractivity contribution in [2.75, 3.05) is 39.3 Å². The molecule has 0 radical (unpaired) electrons. The first kappa shape index (κ1) is 17.7. The van der Waals surface area contributed by atoms with Crippen molar-refractivity contribution < 1.29 is 9.90 Å². The molecule has 4 atom stereocenters. The predicted octanol–water partition coefficient (Wildman–Crippen LogP) is 1.64. The van der Waals surface area contributed by atoms with Gasteiger partial charge in [-0.15, -0.1) is 0 Å². The molecule has 4 heterocycles. The molecule has 0 aliphatic carbocycles. The van der Waals surface area contributed by atoms with Crippen LogP contribution in [0, 0.1) is 17.3 Å². The molecule has 4 aliphatic heterocycles. The van der Waals surface area contributed by atoms with E-state index in [1.807, 2.05) is 0 Å². The summed E-state index contributed by atoms with van der Waals surface area (Å²) in [6, 6.07) is 12.1. The molecule has 1 aromatic rings. The van der Waals surface area contributed by atoms with Crippen molar-refractivity contribution >= 4 is 5.91 Å². The van der Waals surface area contributed by atoms with E-state index in [4.69, 9.17) is 0 Å². The molecule has 146 valence electrons. The van der Waals surface area contributed by atoms with E-state index in [0.29, 0.717) is 37.0 Å². The highest BCUT2D eigenvalue weighted by Gasteiger charge is 2.50. The predicted molar refractivity (Wildman–Crippen MR) is 104 cm³/mol. The Labute approximate surface area is 161 Å². The Balaban J connectivity index is 1.35. The number of nitrogens with one attached hydrogen (secondary N) is 1. The van der Waals surface area contributed by atoms with Crippen molar-refractivity contribution in [1.82, 2.24) is 15.1 Å². The van der Waals surface area contributed by atoms with Gasteiger partial charge in [0, 0.05) is 44.8 Å². The number of rotatable bonds is 3. The van der Waals surface area contributed by atoms with E-state index in [-0.39, 0.29) is 12.5 Å². The quantitative estimate of drug-likeness (QED) is 0.851. The van der Waals surface area contributed by atoms with Gasteiger partial charge >= 0.3 is 0 Å². The second-order valence-electron chi connectivity index (χ2n) is 9.24. The molecule has 5 rings (SSSR count). The number of hydrogen-bond donors (Lipinski definition) is 2. The zero-order chi connectivity index (χ0) is 18.4. The van der Waals surface area contributed by atoms with E-state index < -0.39 is 5.41 Å². The maximum absolute atomic E-state index is 13.1. The fourth-order valence-corrected chi connectivity index (χ4v) is 6.10. The number of likely N-dealkylation sites (tertiary alicyclic amines) is 1. The zero-order valence-corrected chi connectivity index (χ0v) is 16.0. The minimum absolute atomic E-state index is 0.0314. The van der Waals surface area contributed by atoms with Crippen molar-refractivity contribution in [2.45, 2.75) is 37.8 Å². The van der Waals surface area contributed by atoms with E-state index in [2.05, 4.69) is 45.4 Å². The van der Waals surface area contributed by atoms with Crippen LogP contribution in [0.5, 0.6) is 0 Å². The highest BCUT2D eigenvalue weighted by atomic mass is 16.3. The number of hydrogen-bond acceptors (Lipinski definition) is 4. The zero-order valence-electron chi connectivity index (χ0n) is 16.0. The summed E-state index contributed by atoms with van der Waals surface area (Å²) in [7, 11) is 0. The summed E-state index contributed by atoms with van der Waals surface area (Å²) in [5.41, 5.74) is 0.902. The molecular formula is C22H31N3O2. The summed E-state index contributed by atoms with van der Waals surface area (Å²) in [4.78, 5) is 18.0. The largest absolute Gasteiger partial charge is 0.395 e. The van der Waals surface area contributed by atoms with Gasteiger partial charge in [0.1, 0.15) is 0 Å². The molecule has 1 aromatic carbocycles. The lowest BCUT2D eigenvalue weighted by molar-refractivity contribution is -0.155. The maximum atomic E-state index is 13.1. The molecule has 0 saturated carbocycles. The van der Waals surface area contributed by atoms with Crippen LogP contribution in [-0.4, -0.2) is 66.2 Å². The van der Waals surface area contributed by atoms with Gasteiger partial charge in [-0.2, -0.15) is 0 Å². The number of carbonyl (C=O) groups is 1. The molecule has 4 aliphatic rings. The molecule has 2 N–H and O–H groups in total. The Morgan fingerprint density at radius 1 is 1.15 bits per heavy atom. The Hall–Kier alpha value is -1.43. The topological polar surface area (TPSA) is 55.8 Å². The number of carbonyl (C=O) groups excluding carboxylic acids is 1. The fourth-order valence-electron chi connectivity index (χ4n) is 6.10. The Bertz CT molecular complexity index is 685. The third kappa shape index (κ3) is 2.91. The van der Waals surface area contributed by atoms with Crippen molar-refractivity contribution in [3.63, 3.8) is 0 Å². The van der Waals surface area contributed by atoms with Gasteiger partial charge < -0.3 is 15.3 Å². The summed E-state index contributed by atoms with van der Waals surface area (Å²) in [6.07, 6.45) is 5.05. The van der Waals surface area contributed by atoms with E-state index in [9.17, 15) is 9.90 Å². The SMILES string of the molecule is O=C(N1C[C@@H]2C[C@H](C1)[C@@H]1CCC[C@H](c3ccccc3)N1C2)C1(CO)CNC1. The maximum Gasteiger partial charge on any atom is 0.233 e. The number of nitrogens with zero attached hydrogens (tertiary/aromatic N) is 2. The van der Waals surface area contributed by atoms with Gasteiger partial charge in [-0.1, -0.05) is 30.3 Å². The highest BCUT2D eigenvalue weighted by molar-refractivity contribution is 5.84. The Morgan fingerprint density at radius 2 is 1.96 bits per heavy atom.